The second kappa shape index (κ2) is 4.67. The van der Waals surface area contributed by atoms with E-state index in [4.69, 9.17) is 4.74 Å². The molecule has 0 spiro atoms. The number of rotatable bonds is 2. The molecular formula is C9H8BrNO2. The summed E-state index contributed by atoms with van der Waals surface area (Å²) in [6.45, 7) is 3.34. The number of ether oxygens (including phenoxy) is 1. The number of nitrogens with one attached hydrogen (secondary N) is 1. The fraction of sp³-hybridized carbons (Fsp3) is 0. The average Bonchev–Trinajstić information content (AvgIpc) is 2.04. The van der Waals surface area contributed by atoms with Gasteiger partial charge in [-0.05, 0) is 24.4 Å². The molecule has 0 heterocycles. The van der Waals surface area contributed by atoms with Crippen molar-refractivity contribution in [1.82, 2.24) is 5.32 Å². The molecule has 0 fully saturated rings. The van der Waals surface area contributed by atoms with E-state index in [9.17, 15) is 4.79 Å². The van der Waals surface area contributed by atoms with Gasteiger partial charge in [0.25, 0.3) is 0 Å². The number of carbonyl (C=O) groups excluding carboxylic acids is 1. The van der Waals surface area contributed by atoms with Crippen LogP contribution in [0.15, 0.2) is 41.5 Å². The maximum atomic E-state index is 10.9. The predicted octanol–water partition coefficient (Wildman–Crippen LogP) is 2.68. The molecule has 1 N–H and O–H groups in total. The van der Waals surface area contributed by atoms with E-state index in [1.807, 2.05) is 6.07 Å². The first-order valence-electron chi connectivity index (χ1n) is 3.57. The molecule has 0 aromatic heterocycles. The lowest BCUT2D eigenvalue weighted by Gasteiger charge is -2.02. The molecule has 0 bridgehead atoms. The van der Waals surface area contributed by atoms with Gasteiger partial charge in [-0.15, -0.1) is 0 Å². The van der Waals surface area contributed by atoms with E-state index in [0.29, 0.717) is 5.75 Å². The van der Waals surface area contributed by atoms with Crippen molar-refractivity contribution in [1.29, 1.82) is 0 Å². The van der Waals surface area contributed by atoms with Gasteiger partial charge in [0.1, 0.15) is 5.75 Å². The molecule has 0 radical (unpaired) electrons. The van der Waals surface area contributed by atoms with Crippen LogP contribution in [0.2, 0.25) is 0 Å². The number of benzene rings is 1. The van der Waals surface area contributed by atoms with Crippen LogP contribution < -0.4 is 10.1 Å². The Morgan fingerprint density at radius 3 is 3.00 bits per heavy atom. The Morgan fingerprint density at radius 2 is 2.38 bits per heavy atom. The number of halogens is 1. The van der Waals surface area contributed by atoms with Gasteiger partial charge in [-0.1, -0.05) is 28.6 Å². The molecular weight excluding hydrogens is 234 g/mol. The summed E-state index contributed by atoms with van der Waals surface area (Å²) < 4.78 is 5.74. The summed E-state index contributed by atoms with van der Waals surface area (Å²) in [6.07, 6.45) is 0.716. The largest absolute Gasteiger partial charge is 0.416 e. The molecule has 3 nitrogen and oxygen atoms in total. The Labute approximate surface area is 84.5 Å². The third-order valence-corrected chi connectivity index (χ3v) is 1.72. The maximum Gasteiger partial charge on any atom is 0.416 e. The quantitative estimate of drug-likeness (QED) is 0.865. The lowest BCUT2D eigenvalue weighted by Crippen LogP contribution is -2.20. The summed E-state index contributed by atoms with van der Waals surface area (Å²) in [7, 11) is 0. The molecule has 68 valence electrons. The summed E-state index contributed by atoms with van der Waals surface area (Å²) >= 11 is 3.26. The Bertz CT molecular complexity index is 325. The molecule has 0 aliphatic heterocycles. The molecule has 4 heteroatoms. The van der Waals surface area contributed by atoms with Crippen LogP contribution in [-0.4, -0.2) is 6.09 Å². The Balaban J connectivity index is 2.63. The van der Waals surface area contributed by atoms with Crippen molar-refractivity contribution in [2.24, 2.45) is 0 Å². The van der Waals surface area contributed by atoms with Crippen molar-refractivity contribution in [2.45, 2.75) is 0 Å². The number of amides is 1. The Morgan fingerprint density at radius 1 is 1.62 bits per heavy atom. The first kappa shape index (κ1) is 9.80. The van der Waals surface area contributed by atoms with Crippen molar-refractivity contribution >= 4 is 22.0 Å². The van der Waals surface area contributed by atoms with E-state index in [1.54, 1.807) is 18.2 Å². The van der Waals surface area contributed by atoms with Crippen molar-refractivity contribution in [2.75, 3.05) is 0 Å². The minimum absolute atomic E-state index is 0.480. The van der Waals surface area contributed by atoms with Gasteiger partial charge in [0.05, 0.1) is 0 Å². The summed E-state index contributed by atoms with van der Waals surface area (Å²) in [6, 6.07) is 7.01. The van der Waals surface area contributed by atoms with Crippen LogP contribution in [0.4, 0.5) is 4.79 Å². The van der Waals surface area contributed by atoms with Crippen LogP contribution in [-0.2, 0) is 0 Å². The van der Waals surface area contributed by atoms with Crippen LogP contribution in [0.1, 0.15) is 0 Å². The SMILES string of the molecule is C=CNC(=O)Oc1cccc(Br)c1. The van der Waals surface area contributed by atoms with Gasteiger partial charge in [0, 0.05) is 4.47 Å². The van der Waals surface area contributed by atoms with Crippen molar-refractivity contribution in [3.05, 3.63) is 41.5 Å². The second-order valence-electron chi connectivity index (χ2n) is 2.20. The smallest absolute Gasteiger partial charge is 0.410 e. The summed E-state index contributed by atoms with van der Waals surface area (Å²) in [5.41, 5.74) is 0. The minimum atomic E-state index is -0.548. The molecule has 1 aromatic rings. The van der Waals surface area contributed by atoms with Crippen molar-refractivity contribution in [3.63, 3.8) is 0 Å². The number of hydrogen-bond donors (Lipinski definition) is 1. The van der Waals surface area contributed by atoms with Crippen LogP contribution >= 0.6 is 15.9 Å². The fourth-order valence-corrected chi connectivity index (χ4v) is 1.13. The van der Waals surface area contributed by atoms with Crippen LogP contribution in [0.25, 0.3) is 0 Å². The van der Waals surface area contributed by atoms with E-state index in [-0.39, 0.29) is 0 Å². The highest BCUT2D eigenvalue weighted by atomic mass is 79.9. The highest BCUT2D eigenvalue weighted by Crippen LogP contribution is 2.17. The molecule has 1 rings (SSSR count). The molecule has 1 aromatic carbocycles. The lowest BCUT2D eigenvalue weighted by molar-refractivity contribution is 0.204. The molecule has 1 amide bonds. The zero-order valence-corrected chi connectivity index (χ0v) is 8.37. The highest BCUT2D eigenvalue weighted by Gasteiger charge is 2.00. The van der Waals surface area contributed by atoms with Gasteiger partial charge >= 0.3 is 6.09 Å². The molecule has 0 atom stereocenters. The van der Waals surface area contributed by atoms with E-state index in [0.717, 1.165) is 4.47 Å². The maximum absolute atomic E-state index is 10.9. The average molecular weight is 242 g/mol. The van der Waals surface area contributed by atoms with Crippen LogP contribution in [0, 0.1) is 0 Å². The Kier molecular flexibility index (Phi) is 3.52. The third kappa shape index (κ3) is 3.29. The van der Waals surface area contributed by atoms with Crippen molar-refractivity contribution in [3.8, 4) is 5.75 Å². The number of hydrogen-bond acceptors (Lipinski definition) is 2. The van der Waals surface area contributed by atoms with Gasteiger partial charge in [0.15, 0.2) is 0 Å². The molecule has 0 saturated carbocycles. The molecule has 0 aliphatic rings. The fourth-order valence-electron chi connectivity index (χ4n) is 0.750. The van der Waals surface area contributed by atoms with Gasteiger partial charge in [-0.2, -0.15) is 0 Å². The second-order valence-corrected chi connectivity index (χ2v) is 3.11. The van der Waals surface area contributed by atoms with Gasteiger partial charge < -0.3 is 4.74 Å². The van der Waals surface area contributed by atoms with Crippen LogP contribution in [0.5, 0.6) is 5.75 Å². The first-order valence-corrected chi connectivity index (χ1v) is 4.36. The third-order valence-electron chi connectivity index (χ3n) is 1.23. The van der Waals surface area contributed by atoms with Gasteiger partial charge in [-0.3, -0.25) is 5.32 Å². The molecule has 0 unspecified atom stereocenters. The lowest BCUT2D eigenvalue weighted by atomic mass is 10.3. The normalized spacial score (nSPS) is 9.00. The summed E-state index contributed by atoms with van der Waals surface area (Å²) in [5, 5.41) is 2.30. The van der Waals surface area contributed by atoms with E-state index in [2.05, 4.69) is 27.8 Å². The molecule has 13 heavy (non-hydrogen) atoms. The minimum Gasteiger partial charge on any atom is -0.410 e. The van der Waals surface area contributed by atoms with Gasteiger partial charge in [0.2, 0.25) is 0 Å². The zero-order chi connectivity index (χ0) is 9.68. The van der Waals surface area contributed by atoms with Gasteiger partial charge in [-0.25, -0.2) is 4.79 Å². The Hall–Kier alpha value is -1.29. The molecule has 0 aliphatic carbocycles. The summed E-state index contributed by atoms with van der Waals surface area (Å²) in [4.78, 5) is 10.9. The predicted molar refractivity (Wildman–Crippen MR) is 53.5 cm³/mol. The monoisotopic (exact) mass is 241 g/mol. The standard InChI is InChI=1S/C9H8BrNO2/c1-2-11-9(12)13-8-5-3-4-7(10)6-8/h2-6H,1H2,(H,11,12). The molecule has 0 saturated heterocycles. The van der Waals surface area contributed by atoms with Crippen LogP contribution in [0.3, 0.4) is 0 Å². The number of carbonyl (C=O) groups is 1. The topological polar surface area (TPSA) is 38.3 Å². The highest BCUT2D eigenvalue weighted by molar-refractivity contribution is 9.10. The van der Waals surface area contributed by atoms with Crippen molar-refractivity contribution < 1.29 is 9.53 Å². The first-order chi connectivity index (χ1) is 6.22. The van der Waals surface area contributed by atoms with E-state index < -0.39 is 6.09 Å². The zero-order valence-electron chi connectivity index (χ0n) is 6.79. The van der Waals surface area contributed by atoms with E-state index >= 15 is 0 Å². The van der Waals surface area contributed by atoms with E-state index in [1.165, 1.54) is 6.20 Å². The summed E-state index contributed by atoms with van der Waals surface area (Å²) in [5.74, 6) is 0.480.